The molecule has 0 aromatic carbocycles. The van der Waals surface area contributed by atoms with Crippen LogP contribution in [0.5, 0.6) is 0 Å². The van der Waals surface area contributed by atoms with Gasteiger partial charge in [0.2, 0.25) is 0 Å². The second-order valence-electron chi connectivity index (χ2n) is 4.77. The monoisotopic (exact) mass is 229 g/mol. The highest BCUT2D eigenvalue weighted by atomic mass is 16.5. The molecule has 94 valence electrons. The van der Waals surface area contributed by atoms with Crippen molar-refractivity contribution >= 4 is 5.97 Å². The number of piperidine rings is 1. The van der Waals surface area contributed by atoms with Gasteiger partial charge in [0.15, 0.2) is 0 Å². The van der Waals surface area contributed by atoms with E-state index >= 15 is 0 Å². The summed E-state index contributed by atoms with van der Waals surface area (Å²) in [5, 5.41) is 8.79. The topological polar surface area (TPSA) is 49.8 Å². The number of carboxylic acid groups (broad SMARTS) is 1. The smallest absolute Gasteiger partial charge is 0.303 e. The lowest BCUT2D eigenvalue weighted by atomic mass is 9.85. The molecule has 1 aliphatic heterocycles. The van der Waals surface area contributed by atoms with E-state index in [0.717, 1.165) is 32.7 Å². The maximum absolute atomic E-state index is 10.7. The number of ether oxygens (including phenoxy) is 1. The summed E-state index contributed by atoms with van der Waals surface area (Å²) in [5.74, 6) is 0.131. The van der Waals surface area contributed by atoms with E-state index in [1.807, 2.05) is 0 Å². The first-order chi connectivity index (χ1) is 7.63. The van der Waals surface area contributed by atoms with Gasteiger partial charge in [-0.05, 0) is 31.2 Å². The fraction of sp³-hybridized carbons (Fsp3) is 0.917. The van der Waals surface area contributed by atoms with Gasteiger partial charge in [0, 0.05) is 26.6 Å². The number of likely N-dealkylation sites (tertiary alicyclic amines) is 1. The van der Waals surface area contributed by atoms with Gasteiger partial charge >= 0.3 is 5.97 Å². The van der Waals surface area contributed by atoms with E-state index in [-0.39, 0.29) is 5.92 Å². The van der Waals surface area contributed by atoms with Crippen LogP contribution in [0.25, 0.3) is 0 Å². The molecular formula is C12H23NO3. The molecule has 0 aromatic rings. The lowest BCUT2D eigenvalue weighted by Crippen LogP contribution is -2.39. The van der Waals surface area contributed by atoms with Gasteiger partial charge in [-0.2, -0.15) is 0 Å². The molecule has 0 aliphatic carbocycles. The van der Waals surface area contributed by atoms with Gasteiger partial charge in [0.05, 0.1) is 6.61 Å². The number of methoxy groups -OCH3 is 1. The Balaban J connectivity index is 2.34. The maximum atomic E-state index is 10.7. The molecular weight excluding hydrogens is 206 g/mol. The predicted molar refractivity (Wildman–Crippen MR) is 62.5 cm³/mol. The zero-order chi connectivity index (χ0) is 12.0. The summed E-state index contributed by atoms with van der Waals surface area (Å²) in [4.78, 5) is 13.1. The van der Waals surface area contributed by atoms with Crippen molar-refractivity contribution < 1.29 is 14.6 Å². The molecule has 4 heteroatoms. The van der Waals surface area contributed by atoms with Crippen LogP contribution in [-0.2, 0) is 9.53 Å². The molecule has 1 fully saturated rings. The number of aliphatic carboxylic acids is 1. The summed E-state index contributed by atoms with van der Waals surface area (Å²) < 4.78 is 5.07. The number of rotatable bonds is 6. The number of hydrogen-bond donors (Lipinski definition) is 1. The third-order valence-electron chi connectivity index (χ3n) is 3.45. The standard InChI is InChI=1S/C12H23NO3/c1-10(8-12(14)15)11-4-3-5-13(9-11)6-7-16-2/h10-11H,3-9H2,1-2H3,(H,14,15). The quantitative estimate of drug-likeness (QED) is 0.749. The number of hydrogen-bond acceptors (Lipinski definition) is 3. The van der Waals surface area contributed by atoms with Crippen molar-refractivity contribution in [1.82, 2.24) is 4.90 Å². The van der Waals surface area contributed by atoms with Crippen LogP contribution < -0.4 is 0 Å². The molecule has 0 amide bonds. The fourth-order valence-corrected chi connectivity index (χ4v) is 2.42. The van der Waals surface area contributed by atoms with Gasteiger partial charge in [0.1, 0.15) is 0 Å². The molecule has 2 unspecified atom stereocenters. The van der Waals surface area contributed by atoms with Crippen molar-refractivity contribution in [1.29, 1.82) is 0 Å². The average molecular weight is 229 g/mol. The molecule has 16 heavy (non-hydrogen) atoms. The third-order valence-corrected chi connectivity index (χ3v) is 3.45. The Kier molecular flexibility index (Phi) is 5.77. The predicted octanol–water partition coefficient (Wildman–Crippen LogP) is 1.46. The van der Waals surface area contributed by atoms with Gasteiger partial charge in [-0.3, -0.25) is 4.79 Å². The van der Waals surface area contributed by atoms with Crippen LogP contribution in [0.1, 0.15) is 26.2 Å². The Morgan fingerprint density at radius 1 is 1.62 bits per heavy atom. The summed E-state index contributed by atoms with van der Waals surface area (Å²) in [7, 11) is 1.72. The molecule has 2 atom stereocenters. The highest BCUT2D eigenvalue weighted by Gasteiger charge is 2.25. The fourth-order valence-electron chi connectivity index (χ4n) is 2.42. The van der Waals surface area contributed by atoms with Crippen LogP contribution in [0.15, 0.2) is 0 Å². The van der Waals surface area contributed by atoms with E-state index in [1.54, 1.807) is 7.11 Å². The molecule has 1 heterocycles. The van der Waals surface area contributed by atoms with Crippen molar-refractivity contribution in [3.63, 3.8) is 0 Å². The van der Waals surface area contributed by atoms with Crippen molar-refractivity contribution in [2.45, 2.75) is 26.2 Å². The molecule has 0 radical (unpaired) electrons. The summed E-state index contributed by atoms with van der Waals surface area (Å²) in [6.45, 7) is 5.93. The Hall–Kier alpha value is -0.610. The van der Waals surface area contributed by atoms with Gasteiger partial charge in [-0.25, -0.2) is 0 Å². The van der Waals surface area contributed by atoms with Gasteiger partial charge in [0.25, 0.3) is 0 Å². The first-order valence-electron chi connectivity index (χ1n) is 6.06. The Bertz CT molecular complexity index is 220. The van der Waals surface area contributed by atoms with Crippen molar-refractivity contribution in [3.8, 4) is 0 Å². The molecule has 0 bridgehead atoms. The Morgan fingerprint density at radius 2 is 2.38 bits per heavy atom. The van der Waals surface area contributed by atoms with Gasteiger partial charge in [-0.1, -0.05) is 6.92 Å². The Labute approximate surface area is 97.6 Å². The van der Waals surface area contributed by atoms with Crippen LogP contribution in [0.4, 0.5) is 0 Å². The minimum Gasteiger partial charge on any atom is -0.481 e. The van der Waals surface area contributed by atoms with E-state index in [1.165, 1.54) is 6.42 Å². The molecule has 1 N–H and O–H groups in total. The third kappa shape index (κ3) is 4.49. The zero-order valence-electron chi connectivity index (χ0n) is 10.3. The minimum atomic E-state index is -0.679. The summed E-state index contributed by atoms with van der Waals surface area (Å²) in [6, 6.07) is 0. The summed E-state index contributed by atoms with van der Waals surface area (Å²) >= 11 is 0. The van der Waals surface area contributed by atoms with E-state index in [9.17, 15) is 4.79 Å². The lowest BCUT2D eigenvalue weighted by Gasteiger charge is -2.35. The summed E-state index contributed by atoms with van der Waals surface area (Å²) in [6.07, 6.45) is 2.64. The van der Waals surface area contributed by atoms with Crippen LogP contribution in [-0.4, -0.2) is 49.3 Å². The van der Waals surface area contributed by atoms with Crippen molar-refractivity contribution in [3.05, 3.63) is 0 Å². The normalized spacial score (nSPS) is 24.2. The largest absolute Gasteiger partial charge is 0.481 e. The molecule has 0 saturated carbocycles. The molecule has 4 nitrogen and oxygen atoms in total. The second-order valence-corrected chi connectivity index (χ2v) is 4.77. The second kappa shape index (κ2) is 6.86. The molecule has 1 aliphatic rings. The number of nitrogens with zero attached hydrogens (tertiary/aromatic N) is 1. The number of carboxylic acids is 1. The average Bonchev–Trinajstić information content (AvgIpc) is 2.26. The highest BCUT2D eigenvalue weighted by Crippen LogP contribution is 2.25. The molecule has 0 aromatic heterocycles. The van der Waals surface area contributed by atoms with E-state index in [0.29, 0.717) is 12.3 Å². The highest BCUT2D eigenvalue weighted by molar-refractivity contribution is 5.66. The van der Waals surface area contributed by atoms with Crippen LogP contribution in [0, 0.1) is 11.8 Å². The SMILES string of the molecule is COCCN1CCCC(C(C)CC(=O)O)C1. The van der Waals surface area contributed by atoms with Crippen LogP contribution >= 0.6 is 0 Å². The number of carbonyl (C=O) groups is 1. The van der Waals surface area contributed by atoms with Crippen molar-refractivity contribution in [2.75, 3.05) is 33.4 Å². The van der Waals surface area contributed by atoms with Crippen LogP contribution in [0.2, 0.25) is 0 Å². The van der Waals surface area contributed by atoms with Crippen molar-refractivity contribution in [2.24, 2.45) is 11.8 Å². The molecule has 1 saturated heterocycles. The van der Waals surface area contributed by atoms with E-state index < -0.39 is 5.97 Å². The van der Waals surface area contributed by atoms with Gasteiger partial charge in [-0.15, -0.1) is 0 Å². The van der Waals surface area contributed by atoms with Gasteiger partial charge < -0.3 is 14.7 Å². The van der Waals surface area contributed by atoms with E-state index in [2.05, 4.69) is 11.8 Å². The Morgan fingerprint density at radius 3 is 3.00 bits per heavy atom. The molecule has 0 spiro atoms. The summed E-state index contributed by atoms with van der Waals surface area (Å²) in [5.41, 5.74) is 0. The minimum absolute atomic E-state index is 0.280. The van der Waals surface area contributed by atoms with Crippen LogP contribution in [0.3, 0.4) is 0 Å². The van der Waals surface area contributed by atoms with E-state index in [4.69, 9.17) is 9.84 Å². The molecule has 1 rings (SSSR count). The first-order valence-corrected chi connectivity index (χ1v) is 6.06. The lowest BCUT2D eigenvalue weighted by molar-refractivity contribution is -0.138. The first kappa shape index (κ1) is 13.5. The maximum Gasteiger partial charge on any atom is 0.303 e. The zero-order valence-corrected chi connectivity index (χ0v) is 10.3.